The highest BCUT2D eigenvalue weighted by Crippen LogP contribution is 2.37. The lowest BCUT2D eigenvalue weighted by molar-refractivity contribution is -0.123. The summed E-state index contributed by atoms with van der Waals surface area (Å²) in [6.07, 6.45) is 1.46. The fourth-order valence-corrected chi connectivity index (χ4v) is 4.03. The predicted molar refractivity (Wildman–Crippen MR) is 104 cm³/mol. The molecule has 0 spiro atoms. The van der Waals surface area contributed by atoms with Crippen molar-refractivity contribution in [1.29, 1.82) is 0 Å². The topological polar surface area (TPSA) is 57.6 Å². The first-order valence-corrected chi connectivity index (χ1v) is 9.39. The molecule has 0 bridgehead atoms. The molecule has 1 aliphatic rings. The van der Waals surface area contributed by atoms with Crippen molar-refractivity contribution in [1.82, 2.24) is 4.90 Å². The number of phenols is 1. The van der Waals surface area contributed by atoms with Gasteiger partial charge in [0, 0.05) is 15.6 Å². The summed E-state index contributed by atoms with van der Waals surface area (Å²) in [6.45, 7) is 0.157. The zero-order valence-corrected chi connectivity index (χ0v) is 16.4. The highest BCUT2D eigenvalue weighted by molar-refractivity contribution is 9.10. The fourth-order valence-electron chi connectivity index (χ4n) is 2.25. The van der Waals surface area contributed by atoms with Crippen LogP contribution in [0.3, 0.4) is 0 Å². The minimum absolute atomic E-state index is 0.0473. The zero-order valence-electron chi connectivity index (χ0n) is 12.5. The van der Waals surface area contributed by atoms with Gasteiger partial charge < -0.3 is 5.11 Å². The molecule has 2 aromatic carbocycles. The molecule has 128 valence electrons. The molecule has 0 saturated carbocycles. The highest BCUT2D eigenvalue weighted by Gasteiger charge is 2.35. The molecule has 0 radical (unpaired) electrons. The largest absolute Gasteiger partial charge is 0.506 e. The van der Waals surface area contributed by atoms with Gasteiger partial charge in [0.1, 0.15) is 5.75 Å². The smallest absolute Gasteiger partial charge is 0.293 e. The maximum absolute atomic E-state index is 12.5. The van der Waals surface area contributed by atoms with Gasteiger partial charge in [0.05, 0.1) is 15.9 Å². The first-order valence-electron chi connectivity index (χ1n) is 7.03. The van der Waals surface area contributed by atoms with Crippen LogP contribution in [0.2, 0.25) is 10.0 Å². The number of halogens is 3. The van der Waals surface area contributed by atoms with E-state index in [1.165, 1.54) is 12.1 Å². The van der Waals surface area contributed by atoms with Crippen molar-refractivity contribution in [2.24, 2.45) is 0 Å². The Bertz CT molecular complexity index is 900. The van der Waals surface area contributed by atoms with Crippen LogP contribution in [0, 0.1) is 0 Å². The fraction of sp³-hybridized carbons (Fsp3) is 0.0588. The Balaban J connectivity index is 1.87. The molecule has 0 aliphatic carbocycles. The molecule has 4 nitrogen and oxygen atoms in total. The van der Waals surface area contributed by atoms with Crippen LogP contribution >= 0.6 is 50.9 Å². The van der Waals surface area contributed by atoms with E-state index in [1.54, 1.807) is 30.3 Å². The molecule has 1 saturated heterocycles. The Morgan fingerprint density at radius 3 is 2.48 bits per heavy atom. The third-order valence-electron chi connectivity index (χ3n) is 3.47. The third-order valence-corrected chi connectivity index (χ3v) is 5.45. The molecule has 0 unspecified atom stereocenters. The average Bonchev–Trinajstić information content (AvgIpc) is 2.81. The number of amides is 2. The maximum atomic E-state index is 12.5. The predicted octanol–water partition coefficient (Wildman–Crippen LogP) is 5.70. The van der Waals surface area contributed by atoms with Crippen molar-refractivity contribution in [3.8, 4) is 5.75 Å². The van der Waals surface area contributed by atoms with Crippen molar-refractivity contribution in [2.45, 2.75) is 6.54 Å². The maximum Gasteiger partial charge on any atom is 0.293 e. The number of rotatable bonds is 3. The molecule has 1 heterocycles. The molecule has 2 amide bonds. The van der Waals surface area contributed by atoms with E-state index in [0.29, 0.717) is 20.1 Å². The number of nitrogens with zero attached hydrogens (tertiary/aromatic N) is 1. The van der Waals surface area contributed by atoms with Crippen molar-refractivity contribution in [2.75, 3.05) is 0 Å². The Morgan fingerprint density at radius 1 is 1.12 bits per heavy atom. The minimum Gasteiger partial charge on any atom is -0.506 e. The normalized spacial score (nSPS) is 16.1. The quantitative estimate of drug-likeness (QED) is 0.599. The van der Waals surface area contributed by atoms with Gasteiger partial charge in [-0.3, -0.25) is 14.5 Å². The molecule has 1 fully saturated rings. The number of thioether (sulfide) groups is 1. The van der Waals surface area contributed by atoms with Crippen LogP contribution < -0.4 is 0 Å². The Kier molecular flexibility index (Phi) is 5.43. The van der Waals surface area contributed by atoms with Crippen molar-refractivity contribution in [3.63, 3.8) is 0 Å². The number of benzene rings is 2. The Morgan fingerprint density at radius 2 is 1.80 bits per heavy atom. The van der Waals surface area contributed by atoms with Gasteiger partial charge >= 0.3 is 0 Å². The average molecular weight is 459 g/mol. The Hall–Kier alpha value is -1.47. The van der Waals surface area contributed by atoms with Gasteiger partial charge in [-0.2, -0.15) is 0 Å². The Labute approximate surface area is 166 Å². The van der Waals surface area contributed by atoms with Crippen molar-refractivity contribution in [3.05, 3.63) is 66.9 Å². The van der Waals surface area contributed by atoms with Crippen molar-refractivity contribution < 1.29 is 14.7 Å². The van der Waals surface area contributed by atoms with Crippen molar-refractivity contribution >= 4 is 68.1 Å². The van der Waals surface area contributed by atoms with Gasteiger partial charge in [-0.25, -0.2) is 0 Å². The number of phenolic OH excluding ortho intramolecular Hbond substituents is 1. The molecule has 1 aliphatic heterocycles. The molecule has 3 rings (SSSR count). The summed E-state index contributed by atoms with van der Waals surface area (Å²) in [4.78, 5) is 26.1. The lowest BCUT2D eigenvalue weighted by atomic mass is 10.1. The van der Waals surface area contributed by atoms with E-state index >= 15 is 0 Å². The van der Waals surface area contributed by atoms with E-state index in [9.17, 15) is 14.7 Å². The highest BCUT2D eigenvalue weighted by atomic mass is 79.9. The van der Waals surface area contributed by atoms with E-state index in [0.717, 1.165) is 22.2 Å². The van der Waals surface area contributed by atoms with Gasteiger partial charge in [0.2, 0.25) is 0 Å². The van der Waals surface area contributed by atoms with E-state index in [-0.39, 0.29) is 22.4 Å². The van der Waals surface area contributed by atoms with E-state index in [1.807, 2.05) is 0 Å². The zero-order chi connectivity index (χ0) is 18.1. The minimum atomic E-state index is -0.416. The number of aromatic hydroxyl groups is 1. The van der Waals surface area contributed by atoms with Crippen LogP contribution in [0.15, 0.2) is 45.8 Å². The summed E-state index contributed by atoms with van der Waals surface area (Å²) in [5.74, 6) is -0.464. The van der Waals surface area contributed by atoms with Gasteiger partial charge in [-0.15, -0.1) is 0 Å². The van der Waals surface area contributed by atoms with Gasteiger partial charge in [0.25, 0.3) is 11.1 Å². The first kappa shape index (κ1) is 18.3. The van der Waals surface area contributed by atoms with Crippen LogP contribution in [0.4, 0.5) is 4.79 Å². The van der Waals surface area contributed by atoms with Crippen LogP contribution in [0.25, 0.3) is 6.08 Å². The monoisotopic (exact) mass is 457 g/mol. The molecular weight excluding hydrogens is 449 g/mol. The SMILES string of the molecule is O=C1S/C(=C\c2cc(Cl)cc(Br)c2O)C(=O)N1Cc1ccc(Cl)cc1. The third kappa shape index (κ3) is 4.03. The lowest BCUT2D eigenvalue weighted by Gasteiger charge is -2.12. The summed E-state index contributed by atoms with van der Waals surface area (Å²) in [5.41, 5.74) is 1.15. The van der Waals surface area contributed by atoms with E-state index in [2.05, 4.69) is 15.9 Å². The summed E-state index contributed by atoms with van der Waals surface area (Å²) >= 11 is 15.8. The summed E-state index contributed by atoms with van der Waals surface area (Å²) in [7, 11) is 0. The lowest BCUT2D eigenvalue weighted by Crippen LogP contribution is -2.27. The molecular formula is C17H10BrCl2NO3S. The summed E-state index contributed by atoms with van der Waals surface area (Å²) in [5, 5.41) is 10.7. The summed E-state index contributed by atoms with van der Waals surface area (Å²) < 4.78 is 0.409. The molecule has 2 aromatic rings. The number of imide groups is 1. The second-order valence-electron chi connectivity index (χ2n) is 5.22. The van der Waals surface area contributed by atoms with Crippen LogP contribution in [-0.4, -0.2) is 21.2 Å². The number of hydrogen-bond acceptors (Lipinski definition) is 4. The standard InChI is InChI=1S/C17H10BrCl2NO3S/c18-13-7-12(20)5-10(15(13)22)6-14-16(23)21(17(24)25-14)8-9-1-3-11(19)4-2-9/h1-7,22H,8H2/b14-6-. The summed E-state index contributed by atoms with van der Waals surface area (Å²) in [6, 6.07) is 9.99. The molecule has 8 heteroatoms. The second kappa shape index (κ2) is 7.41. The van der Waals surface area contributed by atoms with Crippen LogP contribution in [0.1, 0.15) is 11.1 Å². The van der Waals surface area contributed by atoms with Gasteiger partial charge in [-0.05, 0) is 63.6 Å². The number of carbonyl (C=O) groups is 2. The van der Waals surface area contributed by atoms with Gasteiger partial charge in [0.15, 0.2) is 0 Å². The first-order chi connectivity index (χ1) is 11.8. The number of hydrogen-bond donors (Lipinski definition) is 1. The van der Waals surface area contributed by atoms with E-state index in [4.69, 9.17) is 23.2 Å². The van der Waals surface area contributed by atoms with Crippen LogP contribution in [-0.2, 0) is 11.3 Å². The van der Waals surface area contributed by atoms with E-state index < -0.39 is 5.91 Å². The van der Waals surface area contributed by atoms with Crippen LogP contribution in [0.5, 0.6) is 5.75 Å². The van der Waals surface area contributed by atoms with Gasteiger partial charge in [-0.1, -0.05) is 35.3 Å². The second-order valence-corrected chi connectivity index (χ2v) is 7.94. The molecule has 0 atom stereocenters. The molecule has 0 aromatic heterocycles. The molecule has 25 heavy (non-hydrogen) atoms. The molecule has 1 N–H and O–H groups in total. The number of carbonyl (C=O) groups excluding carboxylic acids is 2.